The summed E-state index contributed by atoms with van der Waals surface area (Å²) in [5.41, 5.74) is 7.96. The number of fused-ring (bicyclic) bond motifs is 3. The Morgan fingerprint density at radius 1 is 1.00 bits per heavy atom. The van der Waals surface area contributed by atoms with E-state index >= 15 is 0 Å². The Morgan fingerprint density at radius 3 is 2.51 bits per heavy atom. The van der Waals surface area contributed by atoms with E-state index in [4.69, 9.17) is 9.72 Å². The van der Waals surface area contributed by atoms with E-state index in [1.807, 2.05) is 39.1 Å². The van der Waals surface area contributed by atoms with Crippen LogP contribution in [0.3, 0.4) is 0 Å². The van der Waals surface area contributed by atoms with Gasteiger partial charge in [0.2, 0.25) is 0 Å². The standard InChI is InChI=1S/C35H42N6O2/c1-6-18-36-22-31-37-21-30(39-31)26-13-10-24(11-14-26)8-9-25-12-16-28-27(20-25)15-17-29-33(28)40-32(38-29)23-41(19-7-2)34(42)43-35(3,4)5/h10-14,16,20-21,36H,6-7,15,17-19,22-23H2,1-5H3,(H,37,39)(H,38,40). The lowest BCUT2D eigenvalue weighted by molar-refractivity contribution is 0.0229. The van der Waals surface area contributed by atoms with Crippen molar-refractivity contribution in [1.82, 2.24) is 30.2 Å². The average Bonchev–Trinajstić information content (AvgIpc) is 3.62. The van der Waals surface area contributed by atoms with Gasteiger partial charge in [0.05, 0.1) is 30.7 Å². The summed E-state index contributed by atoms with van der Waals surface area (Å²) in [7, 11) is 0. The fraction of sp³-hybridized carbons (Fsp3) is 0.400. The molecule has 0 radical (unpaired) electrons. The van der Waals surface area contributed by atoms with E-state index in [0.717, 1.165) is 89.8 Å². The number of hydrogen-bond donors (Lipinski definition) is 3. The van der Waals surface area contributed by atoms with Gasteiger partial charge in [0.15, 0.2) is 0 Å². The van der Waals surface area contributed by atoms with Crippen molar-refractivity contribution in [1.29, 1.82) is 0 Å². The summed E-state index contributed by atoms with van der Waals surface area (Å²) in [5, 5.41) is 3.37. The zero-order chi connectivity index (χ0) is 30.4. The van der Waals surface area contributed by atoms with E-state index in [1.165, 1.54) is 5.56 Å². The van der Waals surface area contributed by atoms with Crippen molar-refractivity contribution in [3.63, 3.8) is 0 Å². The van der Waals surface area contributed by atoms with Crippen LogP contribution in [0.25, 0.3) is 22.5 Å². The number of ether oxygens (including phenoxy) is 1. The lowest BCUT2D eigenvalue weighted by Gasteiger charge is -2.26. The number of nitrogens with zero attached hydrogens (tertiary/aromatic N) is 3. The molecule has 0 spiro atoms. The molecule has 0 saturated heterocycles. The van der Waals surface area contributed by atoms with Crippen molar-refractivity contribution in [2.45, 2.75) is 79.0 Å². The molecule has 1 amide bonds. The summed E-state index contributed by atoms with van der Waals surface area (Å²) >= 11 is 0. The molecule has 0 saturated carbocycles. The number of H-pyrrole nitrogens is 2. The molecule has 5 rings (SSSR count). The van der Waals surface area contributed by atoms with Gasteiger partial charge in [-0.15, -0.1) is 0 Å². The summed E-state index contributed by atoms with van der Waals surface area (Å²) in [6, 6.07) is 14.6. The highest BCUT2D eigenvalue weighted by atomic mass is 16.6. The largest absolute Gasteiger partial charge is 0.444 e. The number of hydrogen-bond acceptors (Lipinski definition) is 5. The van der Waals surface area contributed by atoms with Gasteiger partial charge in [-0.1, -0.05) is 43.9 Å². The first kappa shape index (κ1) is 30.1. The van der Waals surface area contributed by atoms with Crippen LogP contribution in [0.2, 0.25) is 0 Å². The number of amides is 1. The number of nitrogens with one attached hydrogen (secondary N) is 3. The normalized spacial score (nSPS) is 12.2. The molecular weight excluding hydrogens is 536 g/mol. The molecule has 1 aliphatic carbocycles. The SMILES string of the molecule is CCCNCc1ncc(-c2ccc(C#Cc3ccc4c(c3)CCc3[nH]c(CN(CCC)C(=O)OC(C)(C)C)nc3-4)cc2)[nH]1. The van der Waals surface area contributed by atoms with Crippen molar-refractivity contribution in [2.24, 2.45) is 0 Å². The van der Waals surface area contributed by atoms with Crippen molar-refractivity contribution < 1.29 is 9.53 Å². The van der Waals surface area contributed by atoms with Gasteiger partial charge in [-0.25, -0.2) is 14.8 Å². The van der Waals surface area contributed by atoms with Gasteiger partial charge < -0.3 is 24.9 Å². The van der Waals surface area contributed by atoms with Crippen LogP contribution in [0.15, 0.2) is 48.7 Å². The van der Waals surface area contributed by atoms with Gasteiger partial charge in [-0.2, -0.15) is 0 Å². The van der Waals surface area contributed by atoms with Gasteiger partial charge >= 0.3 is 6.09 Å². The molecule has 4 aromatic rings. The third-order valence-electron chi connectivity index (χ3n) is 7.21. The second-order valence-electron chi connectivity index (χ2n) is 12.0. The van der Waals surface area contributed by atoms with Crippen LogP contribution >= 0.6 is 0 Å². The number of carbonyl (C=O) groups is 1. The highest BCUT2D eigenvalue weighted by Gasteiger charge is 2.25. The highest BCUT2D eigenvalue weighted by molar-refractivity contribution is 5.71. The molecule has 0 aliphatic heterocycles. The fourth-order valence-corrected chi connectivity index (χ4v) is 5.18. The first-order chi connectivity index (χ1) is 20.7. The van der Waals surface area contributed by atoms with Gasteiger partial charge in [0, 0.05) is 28.9 Å². The summed E-state index contributed by atoms with van der Waals surface area (Å²) in [5.74, 6) is 8.37. The van der Waals surface area contributed by atoms with Gasteiger partial charge in [-0.3, -0.25) is 0 Å². The molecule has 0 fully saturated rings. The molecule has 2 aromatic carbocycles. The lowest BCUT2D eigenvalue weighted by atomic mass is 9.91. The van der Waals surface area contributed by atoms with Crippen LogP contribution in [0.5, 0.6) is 0 Å². The third-order valence-corrected chi connectivity index (χ3v) is 7.21. The molecule has 0 unspecified atom stereocenters. The Kier molecular flexibility index (Phi) is 9.32. The zero-order valence-corrected chi connectivity index (χ0v) is 25.9. The lowest BCUT2D eigenvalue weighted by Crippen LogP contribution is -2.37. The van der Waals surface area contributed by atoms with E-state index in [-0.39, 0.29) is 6.09 Å². The Balaban J connectivity index is 1.26. The maximum Gasteiger partial charge on any atom is 0.410 e. The summed E-state index contributed by atoms with van der Waals surface area (Å²) in [6.07, 6.45) is 5.31. The van der Waals surface area contributed by atoms with E-state index < -0.39 is 5.60 Å². The van der Waals surface area contributed by atoms with Gasteiger partial charge in [0.25, 0.3) is 0 Å². The Labute approximate surface area is 254 Å². The Bertz CT molecular complexity index is 1610. The van der Waals surface area contributed by atoms with Crippen molar-refractivity contribution in [3.8, 4) is 34.4 Å². The molecule has 224 valence electrons. The van der Waals surface area contributed by atoms with Crippen LogP contribution in [0.1, 0.15) is 81.5 Å². The number of aryl methyl sites for hydroxylation is 2. The third kappa shape index (κ3) is 7.74. The smallest absolute Gasteiger partial charge is 0.410 e. The summed E-state index contributed by atoms with van der Waals surface area (Å²) < 4.78 is 5.62. The van der Waals surface area contributed by atoms with Crippen LogP contribution in [-0.2, 0) is 30.7 Å². The number of imidazole rings is 2. The summed E-state index contributed by atoms with van der Waals surface area (Å²) in [4.78, 5) is 30.7. The number of rotatable bonds is 9. The topological polar surface area (TPSA) is 98.9 Å². The number of aromatic nitrogens is 4. The Hall–Kier alpha value is -4.35. The van der Waals surface area contributed by atoms with Crippen LogP contribution in [-0.4, -0.2) is 49.6 Å². The van der Waals surface area contributed by atoms with Gasteiger partial charge in [0.1, 0.15) is 17.2 Å². The van der Waals surface area contributed by atoms with Crippen molar-refractivity contribution in [2.75, 3.05) is 13.1 Å². The molecule has 8 nitrogen and oxygen atoms in total. The molecule has 43 heavy (non-hydrogen) atoms. The monoisotopic (exact) mass is 578 g/mol. The number of benzene rings is 2. The number of carbonyl (C=O) groups excluding carboxylic acids is 1. The highest BCUT2D eigenvalue weighted by Crippen LogP contribution is 2.33. The van der Waals surface area contributed by atoms with E-state index in [0.29, 0.717) is 13.1 Å². The predicted molar refractivity (Wildman–Crippen MR) is 170 cm³/mol. The average molecular weight is 579 g/mol. The first-order valence-corrected chi connectivity index (χ1v) is 15.3. The van der Waals surface area contributed by atoms with E-state index in [2.05, 4.69) is 76.3 Å². The molecule has 8 heteroatoms. The predicted octanol–water partition coefficient (Wildman–Crippen LogP) is 6.61. The van der Waals surface area contributed by atoms with E-state index in [1.54, 1.807) is 4.90 Å². The molecule has 0 atom stereocenters. The van der Waals surface area contributed by atoms with Crippen molar-refractivity contribution >= 4 is 6.09 Å². The quantitative estimate of drug-likeness (QED) is 0.153. The van der Waals surface area contributed by atoms with Crippen molar-refractivity contribution in [3.05, 3.63) is 82.7 Å². The van der Waals surface area contributed by atoms with Crippen LogP contribution < -0.4 is 5.32 Å². The second kappa shape index (κ2) is 13.3. The first-order valence-electron chi connectivity index (χ1n) is 15.3. The molecule has 0 bridgehead atoms. The maximum atomic E-state index is 12.8. The zero-order valence-electron chi connectivity index (χ0n) is 25.9. The minimum absolute atomic E-state index is 0.312. The minimum atomic E-state index is -0.537. The fourth-order valence-electron chi connectivity index (χ4n) is 5.18. The molecule has 2 aromatic heterocycles. The number of aromatic amines is 2. The molecular formula is C35H42N6O2. The van der Waals surface area contributed by atoms with Gasteiger partial charge in [-0.05, 0) is 88.4 Å². The van der Waals surface area contributed by atoms with Crippen LogP contribution in [0.4, 0.5) is 4.79 Å². The Morgan fingerprint density at radius 2 is 1.77 bits per heavy atom. The van der Waals surface area contributed by atoms with Crippen LogP contribution in [0, 0.1) is 11.8 Å². The minimum Gasteiger partial charge on any atom is -0.444 e. The molecule has 1 aliphatic rings. The molecule has 3 N–H and O–H groups in total. The molecule has 2 heterocycles. The summed E-state index contributed by atoms with van der Waals surface area (Å²) in [6.45, 7) is 12.6. The second-order valence-corrected chi connectivity index (χ2v) is 12.0. The van der Waals surface area contributed by atoms with E-state index in [9.17, 15) is 4.79 Å². The maximum absolute atomic E-state index is 12.8.